The van der Waals surface area contributed by atoms with Crippen LogP contribution in [0.1, 0.15) is 16.4 Å². The molecule has 5 aromatic rings. The Kier molecular flexibility index (Phi) is 8.45. The maximum atomic E-state index is 13.4. The van der Waals surface area contributed by atoms with Gasteiger partial charge in [0.2, 0.25) is 11.8 Å². The molecule has 0 aliphatic heterocycles. The summed E-state index contributed by atoms with van der Waals surface area (Å²) in [5.41, 5.74) is 3.40. The van der Waals surface area contributed by atoms with E-state index in [4.69, 9.17) is 0 Å². The number of anilines is 2. The number of hydrogen-bond donors (Lipinski definition) is 2. The van der Waals surface area contributed by atoms with Gasteiger partial charge in [-0.1, -0.05) is 66.7 Å². The van der Waals surface area contributed by atoms with Gasteiger partial charge in [-0.2, -0.15) is 0 Å². The zero-order valence-electron chi connectivity index (χ0n) is 20.1. The number of carbonyl (C=O) groups excluding carboxylic acids is 2. The van der Waals surface area contributed by atoms with Crippen LogP contribution < -0.4 is 10.6 Å². The Morgan fingerprint density at radius 1 is 0.816 bits per heavy atom. The number of thiophene rings is 1. The minimum atomic E-state index is -0.473. The van der Waals surface area contributed by atoms with Crippen molar-refractivity contribution in [1.82, 2.24) is 4.98 Å². The molecule has 0 spiro atoms. The highest BCUT2D eigenvalue weighted by molar-refractivity contribution is 8.00. The molecule has 38 heavy (non-hydrogen) atoms. The Morgan fingerprint density at radius 3 is 2.26 bits per heavy atom. The maximum Gasteiger partial charge on any atom is 0.248 e. The molecule has 0 aliphatic carbocycles. The van der Waals surface area contributed by atoms with Gasteiger partial charge in [-0.25, -0.2) is 4.98 Å². The number of thiazole rings is 1. The molecule has 5 nitrogen and oxygen atoms in total. The van der Waals surface area contributed by atoms with Crippen molar-refractivity contribution in [1.29, 1.82) is 0 Å². The molecule has 188 valence electrons. The molecule has 0 saturated carbocycles. The molecule has 2 amide bonds. The molecule has 0 aliphatic rings. The topological polar surface area (TPSA) is 71.1 Å². The van der Waals surface area contributed by atoms with E-state index in [2.05, 4.69) is 15.6 Å². The molecule has 5 rings (SSSR count). The summed E-state index contributed by atoms with van der Waals surface area (Å²) >= 11 is 4.48. The molecule has 0 fully saturated rings. The Hall–Kier alpha value is -3.98. The average molecular weight is 554 g/mol. The number of thioether (sulfide) groups is 1. The second-order valence-electron chi connectivity index (χ2n) is 8.17. The van der Waals surface area contributed by atoms with Gasteiger partial charge in [-0.3, -0.25) is 9.59 Å². The molecule has 0 radical (unpaired) electrons. The number of amides is 2. The van der Waals surface area contributed by atoms with Crippen LogP contribution in [0.5, 0.6) is 0 Å². The van der Waals surface area contributed by atoms with Crippen LogP contribution >= 0.6 is 34.4 Å². The van der Waals surface area contributed by atoms with Gasteiger partial charge in [0, 0.05) is 22.0 Å². The molecule has 1 atom stereocenters. The normalized spacial score (nSPS) is 11.8. The Balaban J connectivity index is 1.25. The monoisotopic (exact) mass is 553 g/mol. The summed E-state index contributed by atoms with van der Waals surface area (Å²) in [7, 11) is 0. The van der Waals surface area contributed by atoms with Crippen molar-refractivity contribution in [3.63, 3.8) is 0 Å². The highest BCUT2D eigenvalue weighted by Gasteiger charge is 2.23. The lowest BCUT2D eigenvalue weighted by Gasteiger charge is -2.16. The lowest BCUT2D eigenvalue weighted by atomic mass is 10.1. The number of carbonyl (C=O) groups is 2. The van der Waals surface area contributed by atoms with E-state index in [0.717, 1.165) is 26.6 Å². The quantitative estimate of drug-likeness (QED) is 0.143. The van der Waals surface area contributed by atoms with E-state index in [1.54, 1.807) is 17.4 Å². The van der Waals surface area contributed by atoms with Gasteiger partial charge in [0.25, 0.3) is 0 Å². The molecular weight excluding hydrogens is 531 g/mol. The van der Waals surface area contributed by atoms with Crippen LogP contribution in [0.25, 0.3) is 16.6 Å². The number of nitrogens with one attached hydrogen (secondary N) is 2. The third-order valence-electron chi connectivity index (χ3n) is 5.45. The van der Waals surface area contributed by atoms with E-state index in [1.165, 1.54) is 29.2 Å². The van der Waals surface area contributed by atoms with E-state index in [9.17, 15) is 9.59 Å². The predicted molar refractivity (Wildman–Crippen MR) is 160 cm³/mol. The molecule has 0 bridgehead atoms. The third-order valence-corrected chi connectivity index (χ3v) is 8.37. The third kappa shape index (κ3) is 6.86. The van der Waals surface area contributed by atoms with Gasteiger partial charge < -0.3 is 10.6 Å². The first-order valence-corrected chi connectivity index (χ1v) is 14.4. The van der Waals surface area contributed by atoms with Crippen molar-refractivity contribution in [2.24, 2.45) is 0 Å². The second-order valence-corrected chi connectivity index (χ2v) is 11.2. The molecule has 2 N–H and O–H groups in total. The number of hydrogen-bond acceptors (Lipinski definition) is 6. The molecule has 2 heterocycles. The van der Waals surface area contributed by atoms with Gasteiger partial charge in [0.15, 0.2) is 5.13 Å². The van der Waals surface area contributed by atoms with Crippen LogP contribution in [0.15, 0.2) is 119 Å². The van der Waals surface area contributed by atoms with Crippen molar-refractivity contribution in [3.8, 4) is 10.6 Å². The van der Waals surface area contributed by atoms with Gasteiger partial charge in [-0.15, -0.1) is 34.4 Å². The van der Waals surface area contributed by atoms with Crippen LogP contribution in [-0.2, 0) is 9.59 Å². The zero-order chi connectivity index (χ0) is 26.2. The minimum Gasteiger partial charge on any atom is -0.323 e. The standard InChI is InChI=1S/C30H23N3O2S3/c34-27(18-13-21-8-3-1-4-9-21)31-23-14-16-24(17-15-23)38-28(22-10-5-2-6-11-22)29(35)33-30-32-25(20-37-30)26-12-7-19-36-26/h1-20,28H,(H,31,34)(H,32,33,35)/b18-13+. The van der Waals surface area contributed by atoms with Gasteiger partial charge in [0.05, 0.1) is 10.6 Å². The van der Waals surface area contributed by atoms with E-state index in [0.29, 0.717) is 10.8 Å². The van der Waals surface area contributed by atoms with Crippen molar-refractivity contribution in [2.75, 3.05) is 10.6 Å². The lowest BCUT2D eigenvalue weighted by molar-refractivity contribution is -0.116. The Labute approximate surface area is 233 Å². The van der Waals surface area contributed by atoms with Crippen LogP contribution in [0.3, 0.4) is 0 Å². The van der Waals surface area contributed by atoms with E-state index >= 15 is 0 Å². The first kappa shape index (κ1) is 25.7. The number of nitrogens with zero attached hydrogens (tertiary/aromatic N) is 1. The van der Waals surface area contributed by atoms with Crippen LogP contribution in [0, 0.1) is 0 Å². The first-order chi connectivity index (χ1) is 18.6. The van der Waals surface area contributed by atoms with E-state index < -0.39 is 5.25 Å². The fraction of sp³-hybridized carbons (Fsp3) is 0.0333. The SMILES string of the molecule is O=C(/C=C/c1ccccc1)Nc1ccc(SC(C(=O)Nc2nc(-c3cccs3)cs2)c2ccccc2)cc1. The number of benzene rings is 3. The molecule has 8 heteroatoms. The summed E-state index contributed by atoms with van der Waals surface area (Å²) in [5, 5.41) is 9.93. The first-order valence-electron chi connectivity index (χ1n) is 11.8. The predicted octanol–water partition coefficient (Wildman–Crippen LogP) is 8.00. The summed E-state index contributed by atoms with van der Waals surface area (Å²) in [6, 6.07) is 30.8. The summed E-state index contributed by atoms with van der Waals surface area (Å²) in [5.74, 6) is -0.349. The van der Waals surface area contributed by atoms with Crippen molar-refractivity contribution >= 4 is 63.1 Å². The summed E-state index contributed by atoms with van der Waals surface area (Å²) in [4.78, 5) is 32.3. The van der Waals surface area contributed by atoms with Gasteiger partial charge in [0.1, 0.15) is 5.25 Å². The fourth-order valence-corrected chi connectivity index (χ4v) is 6.11. The minimum absolute atomic E-state index is 0.142. The molecular formula is C30H23N3O2S3. The van der Waals surface area contributed by atoms with Gasteiger partial charge >= 0.3 is 0 Å². The number of aromatic nitrogens is 1. The highest BCUT2D eigenvalue weighted by Crippen LogP contribution is 2.37. The van der Waals surface area contributed by atoms with Crippen molar-refractivity contribution < 1.29 is 9.59 Å². The van der Waals surface area contributed by atoms with Crippen molar-refractivity contribution in [3.05, 3.63) is 125 Å². The van der Waals surface area contributed by atoms with E-state index in [-0.39, 0.29) is 11.8 Å². The molecule has 2 aromatic heterocycles. The highest BCUT2D eigenvalue weighted by atomic mass is 32.2. The molecule has 3 aromatic carbocycles. The summed E-state index contributed by atoms with van der Waals surface area (Å²) in [6.07, 6.45) is 3.28. The molecule has 0 saturated heterocycles. The smallest absolute Gasteiger partial charge is 0.248 e. The van der Waals surface area contributed by atoms with Crippen LogP contribution in [0.4, 0.5) is 10.8 Å². The zero-order valence-corrected chi connectivity index (χ0v) is 22.6. The van der Waals surface area contributed by atoms with Crippen molar-refractivity contribution in [2.45, 2.75) is 10.1 Å². The summed E-state index contributed by atoms with van der Waals surface area (Å²) < 4.78 is 0. The summed E-state index contributed by atoms with van der Waals surface area (Å²) in [6.45, 7) is 0. The van der Waals surface area contributed by atoms with Crippen LogP contribution in [0.2, 0.25) is 0 Å². The number of rotatable bonds is 9. The largest absolute Gasteiger partial charge is 0.323 e. The second kappa shape index (κ2) is 12.5. The van der Waals surface area contributed by atoms with Gasteiger partial charge in [-0.05, 0) is 52.9 Å². The Morgan fingerprint density at radius 2 is 1.55 bits per heavy atom. The fourth-order valence-electron chi connectivity index (χ4n) is 3.61. The maximum absolute atomic E-state index is 13.4. The van der Waals surface area contributed by atoms with E-state index in [1.807, 2.05) is 108 Å². The van der Waals surface area contributed by atoms with Crippen LogP contribution in [-0.4, -0.2) is 16.8 Å². The lowest BCUT2D eigenvalue weighted by Crippen LogP contribution is -2.19. The Bertz CT molecular complexity index is 1510. The average Bonchev–Trinajstić information content (AvgIpc) is 3.65. The molecule has 1 unspecified atom stereocenters.